The molecule has 1 saturated carbocycles. The molecule has 1 unspecified atom stereocenters. The van der Waals surface area contributed by atoms with Gasteiger partial charge in [0.15, 0.2) is 0 Å². The lowest BCUT2D eigenvalue weighted by Gasteiger charge is -2.13. The summed E-state index contributed by atoms with van der Waals surface area (Å²) in [5, 5.41) is 9.25. The van der Waals surface area contributed by atoms with E-state index in [1.807, 2.05) is 24.3 Å². The van der Waals surface area contributed by atoms with Crippen molar-refractivity contribution >= 4 is 5.97 Å². The fraction of sp³-hybridized carbons (Fsp3) is 0.533. The van der Waals surface area contributed by atoms with Gasteiger partial charge in [0.1, 0.15) is 5.75 Å². The van der Waals surface area contributed by atoms with Crippen LogP contribution < -0.4 is 4.74 Å². The van der Waals surface area contributed by atoms with Crippen molar-refractivity contribution in [2.45, 2.75) is 51.0 Å². The van der Waals surface area contributed by atoms with Crippen LogP contribution in [0, 0.1) is 0 Å². The predicted octanol–water partition coefficient (Wildman–Crippen LogP) is 3.59. The molecule has 0 aliphatic heterocycles. The first-order chi connectivity index (χ1) is 8.70. The van der Waals surface area contributed by atoms with Crippen LogP contribution in [0.15, 0.2) is 24.3 Å². The van der Waals surface area contributed by atoms with Gasteiger partial charge in [-0.1, -0.05) is 31.9 Å². The van der Waals surface area contributed by atoms with Crippen molar-refractivity contribution in [2.75, 3.05) is 0 Å². The molecule has 0 amide bonds. The maximum atomic E-state index is 11.2. The first-order valence-electron chi connectivity index (χ1n) is 6.70. The lowest BCUT2D eigenvalue weighted by Crippen LogP contribution is -2.11. The van der Waals surface area contributed by atoms with E-state index >= 15 is 0 Å². The van der Waals surface area contributed by atoms with Gasteiger partial charge in [0.05, 0.1) is 12.0 Å². The van der Waals surface area contributed by atoms with E-state index in [0.717, 1.165) is 37.0 Å². The SMILES string of the molecule is CCCCC(C(=O)O)c1ccc(OC2CC2)cc1. The molecule has 1 aliphatic rings. The van der Waals surface area contributed by atoms with E-state index in [9.17, 15) is 9.90 Å². The summed E-state index contributed by atoms with van der Waals surface area (Å²) in [6.45, 7) is 2.07. The summed E-state index contributed by atoms with van der Waals surface area (Å²) in [5.74, 6) is -0.278. The summed E-state index contributed by atoms with van der Waals surface area (Å²) in [5.41, 5.74) is 0.874. The molecule has 0 saturated heterocycles. The molecule has 18 heavy (non-hydrogen) atoms. The second kappa shape index (κ2) is 5.89. The minimum atomic E-state index is -0.737. The number of carboxylic acids is 1. The number of hydrogen-bond donors (Lipinski definition) is 1. The molecule has 98 valence electrons. The average molecular weight is 248 g/mol. The normalized spacial score (nSPS) is 16.3. The second-order valence-electron chi connectivity index (χ2n) is 4.92. The third kappa shape index (κ3) is 3.49. The first kappa shape index (κ1) is 12.9. The number of carboxylic acid groups (broad SMARTS) is 1. The fourth-order valence-electron chi connectivity index (χ4n) is 2.00. The number of ether oxygens (including phenoxy) is 1. The molecular weight excluding hydrogens is 228 g/mol. The van der Waals surface area contributed by atoms with E-state index in [2.05, 4.69) is 6.92 Å². The molecule has 3 heteroatoms. The van der Waals surface area contributed by atoms with Crippen LogP contribution in [0.1, 0.15) is 50.5 Å². The third-order valence-corrected chi connectivity index (χ3v) is 3.25. The van der Waals surface area contributed by atoms with E-state index in [0.29, 0.717) is 12.5 Å². The van der Waals surface area contributed by atoms with Crippen LogP contribution in [0.4, 0.5) is 0 Å². The average Bonchev–Trinajstić information content (AvgIpc) is 3.15. The van der Waals surface area contributed by atoms with Gasteiger partial charge in [-0.2, -0.15) is 0 Å². The second-order valence-corrected chi connectivity index (χ2v) is 4.92. The standard InChI is InChI=1S/C15H20O3/c1-2-3-4-14(15(16)17)11-5-7-12(8-6-11)18-13-9-10-13/h5-8,13-14H,2-4,9-10H2,1H3,(H,16,17). The van der Waals surface area contributed by atoms with Crippen molar-refractivity contribution < 1.29 is 14.6 Å². The zero-order chi connectivity index (χ0) is 13.0. The number of hydrogen-bond acceptors (Lipinski definition) is 2. The Morgan fingerprint density at radius 2 is 2.06 bits per heavy atom. The molecule has 1 aromatic carbocycles. The highest BCUT2D eigenvalue weighted by Gasteiger charge is 2.24. The molecule has 3 nitrogen and oxygen atoms in total. The highest BCUT2D eigenvalue weighted by Crippen LogP contribution is 2.29. The number of unbranched alkanes of at least 4 members (excludes halogenated alkanes) is 1. The Hall–Kier alpha value is -1.51. The highest BCUT2D eigenvalue weighted by atomic mass is 16.5. The molecule has 1 aromatic rings. The maximum absolute atomic E-state index is 11.2. The van der Waals surface area contributed by atoms with E-state index < -0.39 is 5.97 Å². The van der Waals surface area contributed by atoms with Crippen LogP contribution in [-0.4, -0.2) is 17.2 Å². The van der Waals surface area contributed by atoms with Crippen molar-refractivity contribution in [3.8, 4) is 5.75 Å². The predicted molar refractivity (Wildman–Crippen MR) is 70.0 cm³/mol. The van der Waals surface area contributed by atoms with E-state index in [1.54, 1.807) is 0 Å². The molecule has 0 radical (unpaired) electrons. The Balaban J connectivity index is 2.02. The Morgan fingerprint density at radius 3 is 2.56 bits per heavy atom. The van der Waals surface area contributed by atoms with Gasteiger partial charge in [0.2, 0.25) is 0 Å². The van der Waals surface area contributed by atoms with Crippen LogP contribution in [-0.2, 0) is 4.79 Å². The van der Waals surface area contributed by atoms with Crippen LogP contribution in [0.25, 0.3) is 0 Å². The molecule has 1 fully saturated rings. The number of carbonyl (C=O) groups is 1. The molecule has 1 atom stereocenters. The van der Waals surface area contributed by atoms with Crippen LogP contribution in [0.3, 0.4) is 0 Å². The summed E-state index contributed by atoms with van der Waals surface area (Å²) < 4.78 is 5.65. The molecule has 0 bridgehead atoms. The highest BCUT2D eigenvalue weighted by molar-refractivity contribution is 5.76. The topological polar surface area (TPSA) is 46.5 Å². The van der Waals surface area contributed by atoms with Gasteiger partial charge >= 0.3 is 5.97 Å². The van der Waals surface area contributed by atoms with Crippen LogP contribution >= 0.6 is 0 Å². The summed E-state index contributed by atoms with van der Waals surface area (Å²) in [6, 6.07) is 7.53. The molecular formula is C15H20O3. The number of rotatable bonds is 7. The van der Waals surface area contributed by atoms with Gasteiger partial charge in [0, 0.05) is 0 Å². The zero-order valence-corrected chi connectivity index (χ0v) is 10.8. The molecule has 0 spiro atoms. The fourth-order valence-corrected chi connectivity index (χ4v) is 2.00. The van der Waals surface area contributed by atoms with E-state index in [1.165, 1.54) is 0 Å². The molecule has 2 rings (SSSR count). The smallest absolute Gasteiger partial charge is 0.310 e. The number of benzene rings is 1. The summed E-state index contributed by atoms with van der Waals surface area (Å²) >= 11 is 0. The Morgan fingerprint density at radius 1 is 1.39 bits per heavy atom. The van der Waals surface area contributed by atoms with Crippen molar-refractivity contribution in [3.05, 3.63) is 29.8 Å². The van der Waals surface area contributed by atoms with E-state index in [4.69, 9.17) is 4.74 Å². The minimum Gasteiger partial charge on any atom is -0.490 e. The van der Waals surface area contributed by atoms with Crippen molar-refractivity contribution in [1.82, 2.24) is 0 Å². The largest absolute Gasteiger partial charge is 0.490 e. The van der Waals surface area contributed by atoms with Gasteiger partial charge in [-0.15, -0.1) is 0 Å². The quantitative estimate of drug-likeness (QED) is 0.802. The minimum absolute atomic E-state index is 0.381. The van der Waals surface area contributed by atoms with Crippen LogP contribution in [0.2, 0.25) is 0 Å². The van der Waals surface area contributed by atoms with Gasteiger partial charge in [0.25, 0.3) is 0 Å². The van der Waals surface area contributed by atoms with Crippen molar-refractivity contribution in [3.63, 3.8) is 0 Å². The van der Waals surface area contributed by atoms with Crippen LogP contribution in [0.5, 0.6) is 5.75 Å². The maximum Gasteiger partial charge on any atom is 0.310 e. The summed E-state index contributed by atoms with van der Waals surface area (Å²) in [4.78, 5) is 11.2. The third-order valence-electron chi connectivity index (χ3n) is 3.25. The monoisotopic (exact) mass is 248 g/mol. The molecule has 0 aromatic heterocycles. The molecule has 1 N–H and O–H groups in total. The Kier molecular flexibility index (Phi) is 4.24. The number of aliphatic carboxylic acids is 1. The van der Waals surface area contributed by atoms with Crippen molar-refractivity contribution in [2.24, 2.45) is 0 Å². The van der Waals surface area contributed by atoms with Crippen molar-refractivity contribution in [1.29, 1.82) is 0 Å². The molecule has 1 aliphatic carbocycles. The first-order valence-corrected chi connectivity index (χ1v) is 6.70. The lowest BCUT2D eigenvalue weighted by molar-refractivity contribution is -0.139. The summed E-state index contributed by atoms with van der Waals surface area (Å²) in [6.07, 6.45) is 5.32. The zero-order valence-electron chi connectivity index (χ0n) is 10.8. The molecule has 0 heterocycles. The van der Waals surface area contributed by atoms with Gasteiger partial charge in [-0.25, -0.2) is 0 Å². The lowest BCUT2D eigenvalue weighted by atomic mass is 9.94. The summed E-state index contributed by atoms with van der Waals surface area (Å²) in [7, 11) is 0. The Bertz CT molecular complexity index is 393. The van der Waals surface area contributed by atoms with Gasteiger partial charge in [-0.3, -0.25) is 4.79 Å². The van der Waals surface area contributed by atoms with Gasteiger partial charge in [-0.05, 0) is 37.0 Å². The van der Waals surface area contributed by atoms with E-state index in [-0.39, 0.29) is 5.92 Å². The Labute approximate surface area is 108 Å². The van der Waals surface area contributed by atoms with Gasteiger partial charge < -0.3 is 9.84 Å².